The first-order valence-corrected chi connectivity index (χ1v) is 16.2. The topological polar surface area (TPSA) is 125 Å². The van der Waals surface area contributed by atoms with Crippen molar-refractivity contribution in [3.8, 4) is 23.1 Å². The van der Waals surface area contributed by atoms with Crippen LogP contribution in [0.1, 0.15) is 53.4 Å². The maximum absolute atomic E-state index is 12.9. The Labute approximate surface area is 281 Å². The molecular formula is C37H41N7O4. The predicted octanol–water partition coefficient (Wildman–Crippen LogP) is 6.03. The zero-order valence-corrected chi connectivity index (χ0v) is 28.1. The summed E-state index contributed by atoms with van der Waals surface area (Å²) in [4.78, 5) is 29.4. The van der Waals surface area contributed by atoms with Gasteiger partial charge in [0.1, 0.15) is 34.5 Å². The van der Waals surface area contributed by atoms with Crippen molar-refractivity contribution in [3.63, 3.8) is 0 Å². The highest BCUT2D eigenvalue weighted by molar-refractivity contribution is 5.97. The molecule has 0 radical (unpaired) electrons. The third-order valence-corrected chi connectivity index (χ3v) is 8.58. The minimum atomic E-state index is -0.513. The van der Waals surface area contributed by atoms with Gasteiger partial charge in [-0.15, -0.1) is 0 Å². The van der Waals surface area contributed by atoms with Crippen LogP contribution in [0, 0.1) is 18.3 Å². The Balaban J connectivity index is 1.12. The zero-order chi connectivity index (χ0) is 34.0. The van der Waals surface area contributed by atoms with Crippen LogP contribution in [0.3, 0.4) is 0 Å². The molecule has 4 aromatic rings. The second kappa shape index (κ2) is 13.3. The maximum atomic E-state index is 12.9. The Morgan fingerprint density at radius 2 is 1.75 bits per heavy atom. The number of nitrogens with one attached hydrogen (secondary N) is 2. The molecule has 0 saturated carbocycles. The summed E-state index contributed by atoms with van der Waals surface area (Å²) in [6.07, 6.45) is 0.479. The Kier molecular flexibility index (Phi) is 9.00. The molecule has 11 nitrogen and oxygen atoms in total. The minimum absolute atomic E-state index is 0.205. The molecule has 2 aliphatic heterocycles. The first kappa shape index (κ1) is 32.4. The molecule has 248 valence electrons. The third kappa shape index (κ3) is 6.93. The summed E-state index contributed by atoms with van der Waals surface area (Å²) in [5.41, 5.74) is 7.01. The monoisotopic (exact) mass is 647 g/mol. The molecule has 1 aromatic heterocycles. The second-order valence-electron chi connectivity index (χ2n) is 13.2. The van der Waals surface area contributed by atoms with E-state index in [0.29, 0.717) is 54.6 Å². The van der Waals surface area contributed by atoms with Crippen molar-refractivity contribution in [1.82, 2.24) is 20.0 Å². The fraction of sp³-hybridized carbons (Fsp3) is 0.351. The fourth-order valence-electron chi connectivity index (χ4n) is 6.05. The first-order valence-electron chi connectivity index (χ1n) is 16.2. The Morgan fingerprint density at radius 3 is 2.44 bits per heavy atom. The highest BCUT2D eigenvalue weighted by atomic mass is 16.6. The highest BCUT2D eigenvalue weighted by Crippen LogP contribution is 2.35. The zero-order valence-electron chi connectivity index (χ0n) is 28.1. The lowest BCUT2D eigenvalue weighted by atomic mass is 10.1. The van der Waals surface area contributed by atoms with Crippen molar-refractivity contribution in [3.05, 3.63) is 88.5 Å². The van der Waals surface area contributed by atoms with Crippen LogP contribution in [-0.4, -0.2) is 65.6 Å². The maximum Gasteiger partial charge on any atom is 0.410 e. The lowest BCUT2D eigenvalue weighted by Gasteiger charge is -2.37. The van der Waals surface area contributed by atoms with Gasteiger partial charge in [0.2, 0.25) is 0 Å². The molecule has 2 N–H and O–H groups in total. The van der Waals surface area contributed by atoms with Crippen molar-refractivity contribution in [2.75, 3.05) is 43.5 Å². The van der Waals surface area contributed by atoms with Crippen LogP contribution in [0.2, 0.25) is 0 Å². The normalized spacial score (nSPS) is 14.2. The lowest BCUT2D eigenvalue weighted by molar-refractivity contribution is 0.0240. The van der Waals surface area contributed by atoms with Crippen molar-refractivity contribution >= 4 is 29.2 Å². The third-order valence-electron chi connectivity index (χ3n) is 8.58. The van der Waals surface area contributed by atoms with Gasteiger partial charge in [-0.25, -0.2) is 9.48 Å². The molecule has 3 aromatic carbocycles. The van der Waals surface area contributed by atoms with Gasteiger partial charge in [0.25, 0.3) is 5.91 Å². The molecule has 2 aliphatic rings. The average Bonchev–Trinajstić information content (AvgIpc) is 3.32. The van der Waals surface area contributed by atoms with Gasteiger partial charge in [0.05, 0.1) is 12.7 Å². The quantitative estimate of drug-likeness (QED) is 0.260. The Bertz CT molecular complexity index is 1880. The smallest absolute Gasteiger partial charge is 0.410 e. The van der Waals surface area contributed by atoms with Crippen molar-refractivity contribution < 1.29 is 19.1 Å². The van der Waals surface area contributed by atoms with Gasteiger partial charge in [-0.1, -0.05) is 35.9 Å². The number of amides is 2. The van der Waals surface area contributed by atoms with E-state index >= 15 is 0 Å². The number of piperazine rings is 1. The van der Waals surface area contributed by atoms with Crippen LogP contribution in [0.15, 0.2) is 60.7 Å². The van der Waals surface area contributed by atoms with Crippen molar-refractivity contribution in [2.24, 2.45) is 0 Å². The van der Waals surface area contributed by atoms with Gasteiger partial charge in [-0.3, -0.25) is 4.79 Å². The van der Waals surface area contributed by atoms with E-state index in [-0.39, 0.29) is 12.0 Å². The van der Waals surface area contributed by atoms with Gasteiger partial charge >= 0.3 is 6.09 Å². The van der Waals surface area contributed by atoms with Gasteiger partial charge in [-0.05, 0) is 75.6 Å². The summed E-state index contributed by atoms with van der Waals surface area (Å²) in [6, 6.07) is 22.0. The summed E-state index contributed by atoms with van der Waals surface area (Å²) in [6.45, 7) is 11.2. The molecule has 3 heterocycles. The molecule has 48 heavy (non-hydrogen) atoms. The number of rotatable bonds is 6. The molecule has 0 spiro atoms. The highest BCUT2D eigenvalue weighted by Gasteiger charge is 2.27. The summed E-state index contributed by atoms with van der Waals surface area (Å²) < 4.78 is 12.8. The lowest BCUT2D eigenvalue weighted by Crippen LogP contribution is -2.50. The van der Waals surface area contributed by atoms with Crippen LogP contribution >= 0.6 is 0 Å². The predicted molar refractivity (Wildman–Crippen MR) is 185 cm³/mol. The van der Waals surface area contributed by atoms with Gasteiger partial charge < -0.3 is 29.9 Å². The van der Waals surface area contributed by atoms with Crippen LogP contribution in [0.4, 0.5) is 22.0 Å². The number of nitrogens with zero attached hydrogens (tertiary/aromatic N) is 5. The molecule has 1 fully saturated rings. The minimum Gasteiger partial charge on any atom is -0.496 e. The van der Waals surface area contributed by atoms with E-state index in [4.69, 9.17) is 14.6 Å². The largest absolute Gasteiger partial charge is 0.496 e. The Hall–Kier alpha value is -5.50. The standard InChI is InChI=1S/C37H41N7O4/c1-24-6-13-32(47-5)29(20-24)35(45)39-23-25-7-9-26(10-8-25)33-30(22-38)34-40-31-12-11-28(21-27(31)14-15-44(34)41-33)42-16-18-43(19-17-42)36(46)48-37(2,3)4/h6-13,20-21,40H,14-19,23H2,1-5H3,(H,39,45). The number of ether oxygens (including phenoxy) is 2. The second-order valence-corrected chi connectivity index (χ2v) is 13.2. The molecule has 6 rings (SSSR count). The summed E-state index contributed by atoms with van der Waals surface area (Å²) in [5, 5.41) is 21.5. The molecule has 0 aliphatic carbocycles. The molecule has 0 atom stereocenters. The molecule has 0 unspecified atom stereocenters. The number of fused-ring (bicyclic) bond motifs is 2. The number of methoxy groups -OCH3 is 1. The number of aromatic nitrogens is 2. The number of carbonyl (C=O) groups excluding carboxylic acids is 2. The summed E-state index contributed by atoms with van der Waals surface area (Å²) in [5.74, 6) is 1.00. The van der Waals surface area contributed by atoms with E-state index in [9.17, 15) is 14.9 Å². The summed E-state index contributed by atoms with van der Waals surface area (Å²) in [7, 11) is 1.55. The van der Waals surface area contributed by atoms with Crippen molar-refractivity contribution in [1.29, 1.82) is 5.26 Å². The Morgan fingerprint density at radius 1 is 1.00 bits per heavy atom. The number of nitriles is 1. The van der Waals surface area contributed by atoms with Crippen molar-refractivity contribution in [2.45, 2.75) is 52.8 Å². The van der Waals surface area contributed by atoms with Crippen LogP contribution < -0.4 is 20.3 Å². The number of aryl methyl sites for hydroxylation is 3. The van der Waals surface area contributed by atoms with E-state index in [1.54, 1.807) is 18.1 Å². The van der Waals surface area contributed by atoms with E-state index < -0.39 is 5.60 Å². The number of carbonyl (C=O) groups is 2. The van der Waals surface area contributed by atoms with Gasteiger partial charge in [-0.2, -0.15) is 10.4 Å². The van der Waals surface area contributed by atoms with E-state index in [1.165, 1.54) is 0 Å². The van der Waals surface area contributed by atoms with E-state index in [2.05, 4.69) is 39.8 Å². The molecule has 2 amide bonds. The van der Waals surface area contributed by atoms with Gasteiger partial charge in [0.15, 0.2) is 0 Å². The number of benzene rings is 3. The SMILES string of the molecule is COc1ccc(C)cc1C(=O)NCc1ccc(-c2nn3c(c2C#N)Nc2ccc(N4CCN(C(=O)OC(C)(C)C)CC4)cc2CC3)cc1. The van der Waals surface area contributed by atoms with E-state index in [1.807, 2.05) is 68.8 Å². The van der Waals surface area contributed by atoms with E-state index in [0.717, 1.165) is 53.1 Å². The molecule has 11 heteroatoms. The first-order chi connectivity index (χ1) is 23.0. The van der Waals surface area contributed by atoms with Crippen LogP contribution in [0.25, 0.3) is 11.3 Å². The molecule has 0 bridgehead atoms. The average molecular weight is 648 g/mol. The molecule has 1 saturated heterocycles. The van der Waals surface area contributed by atoms with Crippen LogP contribution in [-0.2, 0) is 24.2 Å². The van der Waals surface area contributed by atoms with Crippen LogP contribution in [0.5, 0.6) is 5.75 Å². The fourth-order valence-corrected chi connectivity index (χ4v) is 6.05. The number of hydrogen-bond donors (Lipinski definition) is 2. The number of hydrogen-bond acceptors (Lipinski definition) is 8. The van der Waals surface area contributed by atoms with Gasteiger partial charge in [0, 0.05) is 56.2 Å². The molecular weight excluding hydrogens is 606 g/mol. The summed E-state index contributed by atoms with van der Waals surface area (Å²) >= 11 is 0. The number of anilines is 3.